The second-order valence-electron chi connectivity index (χ2n) is 5.16. The molecule has 24 heavy (non-hydrogen) atoms. The third kappa shape index (κ3) is 3.59. The van der Waals surface area contributed by atoms with Gasteiger partial charge in [0.1, 0.15) is 0 Å². The first-order valence-corrected chi connectivity index (χ1v) is 9.16. The number of tetrazole rings is 1. The van der Waals surface area contributed by atoms with Crippen LogP contribution in [0.2, 0.25) is 5.02 Å². The first kappa shape index (κ1) is 16.9. The Kier molecular flexibility index (Phi) is 5.47. The van der Waals surface area contributed by atoms with Gasteiger partial charge in [0.05, 0.1) is 5.75 Å². The maximum Gasteiger partial charge on any atom is 0.191 e. The van der Waals surface area contributed by atoms with Crippen LogP contribution in [0, 0.1) is 0 Å². The van der Waals surface area contributed by atoms with Crippen molar-refractivity contribution in [3.05, 3.63) is 35.1 Å². The molecule has 0 saturated heterocycles. The van der Waals surface area contributed by atoms with Gasteiger partial charge in [-0.25, -0.2) is 4.68 Å². The molecule has 0 aliphatic heterocycles. The summed E-state index contributed by atoms with van der Waals surface area (Å²) in [6.07, 6.45) is 0.995. The molecule has 7 nitrogen and oxygen atoms in total. The lowest BCUT2D eigenvalue weighted by molar-refractivity contribution is 0.564. The Morgan fingerprint density at radius 1 is 1.08 bits per heavy atom. The summed E-state index contributed by atoms with van der Waals surface area (Å²) in [6, 6.07) is 7.62. The van der Waals surface area contributed by atoms with Gasteiger partial charge >= 0.3 is 0 Å². The van der Waals surface area contributed by atoms with Crippen LogP contribution in [0.5, 0.6) is 0 Å². The molecule has 9 heteroatoms. The Morgan fingerprint density at radius 3 is 2.58 bits per heavy atom. The smallest absolute Gasteiger partial charge is 0.191 e. The number of aryl methyl sites for hydroxylation is 1. The van der Waals surface area contributed by atoms with Crippen molar-refractivity contribution in [1.82, 2.24) is 35.0 Å². The average Bonchev–Trinajstić information content (AvgIpc) is 3.20. The molecule has 0 aliphatic carbocycles. The number of benzene rings is 1. The molecule has 0 radical (unpaired) electrons. The Bertz CT molecular complexity index is 797. The predicted octanol–water partition coefficient (Wildman–Crippen LogP) is 3.31. The predicted molar refractivity (Wildman–Crippen MR) is 93.8 cm³/mol. The summed E-state index contributed by atoms with van der Waals surface area (Å²) in [5.74, 6) is 2.34. The van der Waals surface area contributed by atoms with Crippen LogP contribution in [0.15, 0.2) is 29.4 Å². The fourth-order valence-electron chi connectivity index (χ4n) is 2.33. The third-order valence-corrected chi connectivity index (χ3v) is 4.72. The van der Waals surface area contributed by atoms with E-state index in [1.807, 2.05) is 28.9 Å². The fourth-order valence-corrected chi connectivity index (χ4v) is 3.40. The van der Waals surface area contributed by atoms with Crippen LogP contribution in [0.1, 0.15) is 26.1 Å². The van der Waals surface area contributed by atoms with Gasteiger partial charge in [0, 0.05) is 23.7 Å². The molecular weight excluding hydrogens is 346 g/mol. The molecule has 0 atom stereocenters. The largest absolute Gasteiger partial charge is 0.302 e. The number of hydrogen-bond donors (Lipinski definition) is 0. The second-order valence-corrected chi connectivity index (χ2v) is 6.54. The zero-order valence-corrected chi connectivity index (χ0v) is 15.1. The standard InChI is InChI=1S/C15H18ClN7S/c1-3-9-23-13(17-20-21-23)10-24-15-19-18-14(22(15)4-2)11-5-7-12(16)8-6-11/h5-8H,3-4,9-10H2,1-2H3. The number of halogens is 1. The van der Waals surface area contributed by atoms with Gasteiger partial charge in [0.25, 0.3) is 0 Å². The van der Waals surface area contributed by atoms with Crippen LogP contribution >= 0.6 is 23.4 Å². The molecule has 0 aliphatic rings. The van der Waals surface area contributed by atoms with Crippen molar-refractivity contribution in [2.45, 2.75) is 44.3 Å². The minimum atomic E-state index is 0.658. The Labute approximate surface area is 149 Å². The summed E-state index contributed by atoms with van der Waals surface area (Å²) in [5.41, 5.74) is 0.997. The topological polar surface area (TPSA) is 74.3 Å². The van der Waals surface area contributed by atoms with Gasteiger partial charge < -0.3 is 4.57 Å². The van der Waals surface area contributed by atoms with Gasteiger partial charge in [0.2, 0.25) is 0 Å². The van der Waals surface area contributed by atoms with E-state index < -0.39 is 0 Å². The average molecular weight is 364 g/mol. The van der Waals surface area contributed by atoms with E-state index in [0.717, 1.165) is 41.9 Å². The van der Waals surface area contributed by atoms with E-state index in [1.165, 1.54) is 0 Å². The summed E-state index contributed by atoms with van der Waals surface area (Å²) >= 11 is 7.55. The van der Waals surface area contributed by atoms with Crippen LogP contribution < -0.4 is 0 Å². The fraction of sp³-hybridized carbons (Fsp3) is 0.400. The van der Waals surface area contributed by atoms with Crippen molar-refractivity contribution in [1.29, 1.82) is 0 Å². The molecular formula is C15H18ClN7S. The van der Waals surface area contributed by atoms with Crippen molar-refractivity contribution in [2.24, 2.45) is 0 Å². The van der Waals surface area contributed by atoms with E-state index in [1.54, 1.807) is 11.8 Å². The lowest BCUT2D eigenvalue weighted by atomic mass is 10.2. The number of hydrogen-bond acceptors (Lipinski definition) is 6. The summed E-state index contributed by atoms with van der Waals surface area (Å²) < 4.78 is 3.92. The number of rotatable bonds is 7. The molecule has 126 valence electrons. The lowest BCUT2D eigenvalue weighted by Crippen LogP contribution is -2.05. The van der Waals surface area contributed by atoms with Gasteiger partial charge in [-0.2, -0.15) is 0 Å². The maximum atomic E-state index is 5.96. The lowest BCUT2D eigenvalue weighted by Gasteiger charge is -2.07. The highest BCUT2D eigenvalue weighted by Crippen LogP contribution is 2.26. The van der Waals surface area contributed by atoms with Crippen molar-refractivity contribution in [3.8, 4) is 11.4 Å². The minimum absolute atomic E-state index is 0.658. The second kappa shape index (κ2) is 7.76. The van der Waals surface area contributed by atoms with E-state index in [2.05, 4.69) is 44.1 Å². The summed E-state index contributed by atoms with van der Waals surface area (Å²) in [6.45, 7) is 5.78. The summed E-state index contributed by atoms with van der Waals surface area (Å²) in [7, 11) is 0. The highest BCUT2D eigenvalue weighted by atomic mass is 35.5. The Hall–Kier alpha value is -1.93. The van der Waals surface area contributed by atoms with E-state index in [9.17, 15) is 0 Å². The highest BCUT2D eigenvalue weighted by molar-refractivity contribution is 7.98. The minimum Gasteiger partial charge on any atom is -0.302 e. The monoisotopic (exact) mass is 363 g/mol. The van der Waals surface area contributed by atoms with Gasteiger partial charge in [-0.1, -0.05) is 30.3 Å². The van der Waals surface area contributed by atoms with Gasteiger partial charge in [0.15, 0.2) is 16.8 Å². The molecule has 2 heterocycles. The Balaban J connectivity index is 1.79. The molecule has 3 aromatic rings. The molecule has 0 fully saturated rings. The molecule has 0 spiro atoms. The normalized spacial score (nSPS) is 11.1. The van der Waals surface area contributed by atoms with Gasteiger partial charge in [-0.3, -0.25) is 0 Å². The molecule has 0 unspecified atom stereocenters. The first-order valence-electron chi connectivity index (χ1n) is 7.80. The molecule has 0 amide bonds. The SMILES string of the molecule is CCCn1nnnc1CSc1nnc(-c2ccc(Cl)cc2)n1CC. The third-order valence-electron chi connectivity index (χ3n) is 3.51. The number of nitrogens with zero attached hydrogens (tertiary/aromatic N) is 7. The van der Waals surface area contributed by atoms with Crippen molar-refractivity contribution < 1.29 is 0 Å². The van der Waals surface area contributed by atoms with Crippen LogP contribution in [-0.4, -0.2) is 35.0 Å². The maximum absolute atomic E-state index is 5.96. The molecule has 2 aromatic heterocycles. The molecule has 1 aromatic carbocycles. The first-order chi connectivity index (χ1) is 11.7. The molecule has 0 saturated carbocycles. The number of aromatic nitrogens is 7. The van der Waals surface area contributed by atoms with E-state index in [4.69, 9.17) is 11.6 Å². The van der Waals surface area contributed by atoms with E-state index in [0.29, 0.717) is 10.8 Å². The van der Waals surface area contributed by atoms with Crippen molar-refractivity contribution in [2.75, 3.05) is 0 Å². The van der Waals surface area contributed by atoms with E-state index >= 15 is 0 Å². The van der Waals surface area contributed by atoms with Crippen molar-refractivity contribution >= 4 is 23.4 Å². The van der Waals surface area contributed by atoms with E-state index in [-0.39, 0.29) is 0 Å². The number of thioether (sulfide) groups is 1. The molecule has 0 bridgehead atoms. The van der Waals surface area contributed by atoms with Crippen LogP contribution in [0.3, 0.4) is 0 Å². The van der Waals surface area contributed by atoms with Gasteiger partial charge in [-0.15, -0.1) is 15.3 Å². The molecule has 3 rings (SSSR count). The quantitative estimate of drug-likeness (QED) is 0.599. The van der Waals surface area contributed by atoms with Crippen LogP contribution in [0.4, 0.5) is 0 Å². The summed E-state index contributed by atoms with van der Waals surface area (Å²) in [4.78, 5) is 0. The zero-order chi connectivity index (χ0) is 16.9. The van der Waals surface area contributed by atoms with Crippen molar-refractivity contribution in [3.63, 3.8) is 0 Å². The molecule has 0 N–H and O–H groups in total. The van der Waals surface area contributed by atoms with Gasteiger partial charge in [-0.05, 0) is 48.0 Å². The highest BCUT2D eigenvalue weighted by Gasteiger charge is 2.15. The van der Waals surface area contributed by atoms with Crippen LogP contribution in [-0.2, 0) is 18.8 Å². The summed E-state index contributed by atoms with van der Waals surface area (Å²) in [5, 5.41) is 22.1. The Morgan fingerprint density at radius 2 is 1.88 bits per heavy atom. The van der Waals surface area contributed by atoms with Crippen LogP contribution in [0.25, 0.3) is 11.4 Å². The zero-order valence-electron chi connectivity index (χ0n) is 13.6.